The molecule has 1 aliphatic carbocycles. The summed E-state index contributed by atoms with van der Waals surface area (Å²) in [7, 11) is 1.76. The van der Waals surface area contributed by atoms with Crippen LogP contribution < -0.4 is 0 Å². The van der Waals surface area contributed by atoms with Gasteiger partial charge in [-0.15, -0.1) is 0 Å². The van der Waals surface area contributed by atoms with Crippen LogP contribution >= 0.6 is 0 Å². The van der Waals surface area contributed by atoms with Crippen LogP contribution in [0.4, 0.5) is 0 Å². The summed E-state index contributed by atoms with van der Waals surface area (Å²) in [4.78, 5) is 10.8. The predicted molar refractivity (Wildman–Crippen MR) is 47.5 cm³/mol. The fraction of sp³-hybridized carbons (Fsp3) is 0.333. The largest absolute Gasteiger partial charge is 0.476 e. The van der Waals surface area contributed by atoms with E-state index >= 15 is 0 Å². The van der Waals surface area contributed by atoms with E-state index in [2.05, 4.69) is 5.10 Å². The van der Waals surface area contributed by atoms with E-state index in [9.17, 15) is 4.79 Å². The number of fused-ring (bicyclic) bond motifs is 1. The Kier molecular flexibility index (Phi) is 1.69. The Bertz CT molecular complexity index is 391. The number of carboxylic acids is 1. The molecule has 2 rings (SSSR count). The molecular formula is C9H10N2O2. The van der Waals surface area contributed by atoms with E-state index in [-0.39, 0.29) is 5.69 Å². The Hall–Kier alpha value is -1.58. The van der Waals surface area contributed by atoms with Crippen LogP contribution in [0.5, 0.6) is 0 Å². The summed E-state index contributed by atoms with van der Waals surface area (Å²) in [5, 5.41) is 12.8. The van der Waals surface area contributed by atoms with Crippen molar-refractivity contribution in [3.05, 3.63) is 23.0 Å². The maximum absolute atomic E-state index is 10.8. The van der Waals surface area contributed by atoms with E-state index in [4.69, 9.17) is 5.11 Å². The molecule has 1 aromatic heterocycles. The minimum atomic E-state index is -0.938. The smallest absolute Gasteiger partial charge is 0.356 e. The number of hydrogen-bond acceptors (Lipinski definition) is 2. The van der Waals surface area contributed by atoms with Gasteiger partial charge in [-0.1, -0.05) is 6.08 Å². The van der Waals surface area contributed by atoms with E-state index in [0.717, 1.165) is 24.1 Å². The van der Waals surface area contributed by atoms with Crippen molar-refractivity contribution in [3.8, 4) is 0 Å². The lowest BCUT2D eigenvalue weighted by atomic mass is 10.0. The number of aromatic carboxylic acids is 1. The maximum atomic E-state index is 10.8. The zero-order chi connectivity index (χ0) is 9.42. The molecule has 0 bridgehead atoms. The van der Waals surface area contributed by atoms with Gasteiger partial charge in [-0.3, -0.25) is 4.68 Å². The quantitative estimate of drug-likeness (QED) is 0.700. The monoisotopic (exact) mass is 178 g/mol. The minimum absolute atomic E-state index is 0.196. The molecule has 1 aromatic rings. The summed E-state index contributed by atoms with van der Waals surface area (Å²) in [6.07, 6.45) is 5.65. The van der Waals surface area contributed by atoms with Gasteiger partial charge in [0.05, 0.1) is 5.69 Å². The topological polar surface area (TPSA) is 55.1 Å². The van der Waals surface area contributed by atoms with Crippen LogP contribution in [-0.4, -0.2) is 20.9 Å². The fourth-order valence-electron chi connectivity index (χ4n) is 1.63. The first-order valence-corrected chi connectivity index (χ1v) is 4.16. The van der Waals surface area contributed by atoms with Crippen LogP contribution in [0, 0.1) is 0 Å². The van der Waals surface area contributed by atoms with Crippen molar-refractivity contribution in [2.75, 3.05) is 0 Å². The molecule has 1 aliphatic rings. The molecule has 0 radical (unpaired) electrons. The first kappa shape index (κ1) is 8.04. The molecule has 0 aromatic carbocycles. The number of hydrogen-bond donors (Lipinski definition) is 1. The SMILES string of the molecule is Cn1nc(C(=O)O)c2c1C=CCC2. The van der Waals surface area contributed by atoms with E-state index in [1.54, 1.807) is 11.7 Å². The molecule has 13 heavy (non-hydrogen) atoms. The molecule has 1 N–H and O–H groups in total. The summed E-state index contributed by atoms with van der Waals surface area (Å²) in [6, 6.07) is 0. The number of carboxylic acid groups (broad SMARTS) is 1. The molecule has 0 atom stereocenters. The molecule has 4 heteroatoms. The Balaban J connectivity index is 2.61. The van der Waals surface area contributed by atoms with Gasteiger partial charge in [0.2, 0.25) is 0 Å². The molecule has 0 fully saturated rings. The highest BCUT2D eigenvalue weighted by atomic mass is 16.4. The van der Waals surface area contributed by atoms with Crippen molar-refractivity contribution in [2.45, 2.75) is 12.8 Å². The van der Waals surface area contributed by atoms with Crippen molar-refractivity contribution in [3.63, 3.8) is 0 Å². The Morgan fingerprint density at radius 2 is 2.46 bits per heavy atom. The third-order valence-electron chi connectivity index (χ3n) is 2.23. The molecule has 0 unspecified atom stereocenters. The first-order valence-electron chi connectivity index (χ1n) is 4.16. The number of aryl methyl sites for hydroxylation is 1. The molecule has 4 nitrogen and oxygen atoms in total. The van der Waals surface area contributed by atoms with Crippen LogP contribution in [0.1, 0.15) is 28.2 Å². The number of carbonyl (C=O) groups is 1. The van der Waals surface area contributed by atoms with Gasteiger partial charge >= 0.3 is 5.97 Å². The highest BCUT2D eigenvalue weighted by Gasteiger charge is 2.20. The van der Waals surface area contributed by atoms with Gasteiger partial charge < -0.3 is 5.11 Å². The summed E-state index contributed by atoms with van der Waals surface area (Å²) in [6.45, 7) is 0. The van der Waals surface area contributed by atoms with Crippen molar-refractivity contribution < 1.29 is 9.90 Å². The number of rotatable bonds is 1. The van der Waals surface area contributed by atoms with Gasteiger partial charge in [0.1, 0.15) is 0 Å². The summed E-state index contributed by atoms with van der Waals surface area (Å²) in [5.41, 5.74) is 1.98. The lowest BCUT2D eigenvalue weighted by Crippen LogP contribution is -2.02. The fourth-order valence-corrected chi connectivity index (χ4v) is 1.63. The highest BCUT2D eigenvalue weighted by molar-refractivity contribution is 5.88. The lowest BCUT2D eigenvalue weighted by Gasteiger charge is -2.05. The molecular weight excluding hydrogens is 168 g/mol. The minimum Gasteiger partial charge on any atom is -0.476 e. The molecule has 0 spiro atoms. The molecule has 0 saturated carbocycles. The van der Waals surface area contributed by atoms with E-state index < -0.39 is 5.97 Å². The van der Waals surface area contributed by atoms with Crippen molar-refractivity contribution in [1.29, 1.82) is 0 Å². The third-order valence-corrected chi connectivity index (χ3v) is 2.23. The van der Waals surface area contributed by atoms with Gasteiger partial charge in [-0.25, -0.2) is 4.79 Å². The van der Waals surface area contributed by atoms with E-state index in [0.29, 0.717) is 0 Å². The maximum Gasteiger partial charge on any atom is 0.356 e. The van der Waals surface area contributed by atoms with E-state index in [1.807, 2.05) is 12.2 Å². The van der Waals surface area contributed by atoms with Gasteiger partial charge in [0.25, 0.3) is 0 Å². The van der Waals surface area contributed by atoms with Gasteiger partial charge in [-0.2, -0.15) is 5.10 Å². The second-order valence-electron chi connectivity index (χ2n) is 3.08. The molecule has 0 saturated heterocycles. The van der Waals surface area contributed by atoms with Gasteiger partial charge in [0.15, 0.2) is 5.69 Å². The molecule has 1 heterocycles. The van der Waals surface area contributed by atoms with Crippen molar-refractivity contribution in [2.24, 2.45) is 7.05 Å². The summed E-state index contributed by atoms with van der Waals surface area (Å²) in [5.74, 6) is -0.938. The van der Waals surface area contributed by atoms with Crippen LogP contribution in [0.2, 0.25) is 0 Å². The first-order chi connectivity index (χ1) is 6.20. The number of allylic oxidation sites excluding steroid dienone is 1. The average Bonchev–Trinajstić information content (AvgIpc) is 2.45. The average molecular weight is 178 g/mol. The third kappa shape index (κ3) is 1.14. The normalized spacial score (nSPS) is 14.2. The Morgan fingerprint density at radius 1 is 1.69 bits per heavy atom. The Labute approximate surface area is 75.5 Å². The summed E-state index contributed by atoms with van der Waals surface area (Å²) >= 11 is 0. The second-order valence-corrected chi connectivity index (χ2v) is 3.08. The van der Waals surface area contributed by atoms with E-state index in [1.165, 1.54) is 0 Å². The standard InChI is InChI=1S/C9H10N2O2/c1-11-7-5-3-2-4-6(7)8(10-11)9(12)13/h3,5H,2,4H2,1H3,(H,12,13). The lowest BCUT2D eigenvalue weighted by molar-refractivity contribution is 0.0688. The zero-order valence-electron chi connectivity index (χ0n) is 7.32. The van der Waals surface area contributed by atoms with Crippen LogP contribution in [-0.2, 0) is 13.5 Å². The Morgan fingerprint density at radius 3 is 3.15 bits per heavy atom. The van der Waals surface area contributed by atoms with Gasteiger partial charge in [0, 0.05) is 12.6 Å². The summed E-state index contributed by atoms with van der Waals surface area (Å²) < 4.78 is 1.62. The van der Waals surface area contributed by atoms with Gasteiger partial charge in [-0.05, 0) is 18.9 Å². The highest BCUT2D eigenvalue weighted by Crippen LogP contribution is 2.21. The van der Waals surface area contributed by atoms with Crippen LogP contribution in [0.3, 0.4) is 0 Å². The molecule has 0 amide bonds. The number of nitrogens with zero attached hydrogens (tertiary/aromatic N) is 2. The van der Waals surface area contributed by atoms with Crippen LogP contribution in [0.25, 0.3) is 6.08 Å². The molecule has 0 aliphatic heterocycles. The number of aromatic nitrogens is 2. The van der Waals surface area contributed by atoms with Crippen LogP contribution in [0.15, 0.2) is 6.08 Å². The molecule has 68 valence electrons. The van der Waals surface area contributed by atoms with Crippen molar-refractivity contribution >= 4 is 12.0 Å². The second kappa shape index (κ2) is 2.73. The predicted octanol–water partition coefficient (Wildman–Crippen LogP) is 1.08. The van der Waals surface area contributed by atoms with Crippen molar-refractivity contribution in [1.82, 2.24) is 9.78 Å². The zero-order valence-corrected chi connectivity index (χ0v) is 7.32.